The summed E-state index contributed by atoms with van der Waals surface area (Å²) in [7, 11) is 1.54. The molecule has 3 aromatic rings. The summed E-state index contributed by atoms with van der Waals surface area (Å²) in [5.74, 6) is 1.59. The number of carbonyl (C=O) groups excluding carboxylic acids is 2. The van der Waals surface area contributed by atoms with Crippen LogP contribution in [0.2, 0.25) is 0 Å². The highest BCUT2D eigenvalue weighted by Gasteiger charge is 2.35. The smallest absolute Gasteiger partial charge is 0.173 e. The number of carbonyl (C=O) groups is 2. The van der Waals surface area contributed by atoms with E-state index in [1.807, 2.05) is 12.1 Å². The van der Waals surface area contributed by atoms with Crippen LogP contribution >= 0.6 is 11.3 Å². The Balaban J connectivity index is 1.39. The highest BCUT2D eigenvalue weighted by Crippen LogP contribution is 2.38. The van der Waals surface area contributed by atoms with E-state index in [-0.39, 0.29) is 18.2 Å². The molecule has 2 bridgehead atoms. The van der Waals surface area contributed by atoms with Crippen LogP contribution in [0.25, 0.3) is 21.2 Å². The third-order valence-corrected chi connectivity index (χ3v) is 8.23. The molecule has 2 aromatic carbocycles. The molecule has 5 heteroatoms. The number of ketones is 2. The van der Waals surface area contributed by atoms with E-state index >= 15 is 0 Å². The van der Waals surface area contributed by atoms with Gasteiger partial charge in [-0.05, 0) is 65.9 Å². The topological polar surface area (TPSA) is 46.6 Å². The predicted molar refractivity (Wildman–Crippen MR) is 129 cm³/mol. The number of hydrogen-bond donors (Lipinski definition) is 0. The summed E-state index contributed by atoms with van der Waals surface area (Å²) in [6.07, 6.45) is 3.53. The lowest BCUT2D eigenvalue weighted by Crippen LogP contribution is -2.47. The number of methoxy groups -OCH3 is 1. The number of ether oxygens (including phenoxy) is 1. The second-order valence-electron chi connectivity index (χ2n) is 9.21. The first kappa shape index (κ1) is 21.5. The van der Waals surface area contributed by atoms with Gasteiger partial charge in [0.15, 0.2) is 11.6 Å². The zero-order valence-corrected chi connectivity index (χ0v) is 19.3. The van der Waals surface area contributed by atoms with Crippen molar-refractivity contribution < 1.29 is 14.3 Å². The Morgan fingerprint density at radius 1 is 1.09 bits per heavy atom. The lowest BCUT2D eigenvalue weighted by atomic mass is 9.76. The quantitative estimate of drug-likeness (QED) is 0.443. The minimum atomic E-state index is 0.0691. The van der Waals surface area contributed by atoms with Crippen LogP contribution in [0.1, 0.15) is 34.5 Å². The van der Waals surface area contributed by atoms with E-state index in [1.54, 1.807) is 18.4 Å². The van der Waals surface area contributed by atoms with Crippen LogP contribution in [-0.2, 0) is 16.0 Å². The van der Waals surface area contributed by atoms with Gasteiger partial charge in [-0.2, -0.15) is 0 Å². The molecule has 32 heavy (non-hydrogen) atoms. The van der Waals surface area contributed by atoms with Crippen LogP contribution in [-0.4, -0.2) is 49.8 Å². The van der Waals surface area contributed by atoms with E-state index in [0.29, 0.717) is 18.8 Å². The van der Waals surface area contributed by atoms with Crippen LogP contribution in [0.15, 0.2) is 48.5 Å². The molecule has 3 fully saturated rings. The van der Waals surface area contributed by atoms with Crippen molar-refractivity contribution in [1.82, 2.24) is 4.90 Å². The van der Waals surface area contributed by atoms with Gasteiger partial charge in [0.2, 0.25) is 0 Å². The fraction of sp³-hybridized carbons (Fsp3) is 0.407. The molecule has 3 aliphatic heterocycles. The van der Waals surface area contributed by atoms with Gasteiger partial charge < -0.3 is 9.64 Å². The normalized spacial score (nSPS) is 22.3. The van der Waals surface area contributed by atoms with E-state index in [4.69, 9.17) is 4.74 Å². The summed E-state index contributed by atoms with van der Waals surface area (Å²) in [6, 6.07) is 16.5. The van der Waals surface area contributed by atoms with Crippen LogP contribution in [0.3, 0.4) is 0 Å². The van der Waals surface area contributed by atoms with Crippen LogP contribution in [0, 0.1) is 11.8 Å². The first-order valence-electron chi connectivity index (χ1n) is 11.5. The summed E-state index contributed by atoms with van der Waals surface area (Å²) in [5, 5.41) is 1.12. The Morgan fingerprint density at radius 3 is 2.66 bits per heavy atom. The molecule has 0 unspecified atom stereocenters. The van der Waals surface area contributed by atoms with Crippen molar-refractivity contribution >= 4 is 33.0 Å². The van der Waals surface area contributed by atoms with E-state index < -0.39 is 0 Å². The fourth-order valence-electron chi connectivity index (χ4n) is 5.37. The number of fused-ring (bicyclic) bond motifs is 4. The molecule has 0 N–H and O–H groups in total. The second kappa shape index (κ2) is 9.26. The largest absolute Gasteiger partial charge is 0.377 e. The van der Waals surface area contributed by atoms with E-state index in [2.05, 4.69) is 41.3 Å². The molecule has 1 aromatic heterocycles. The zero-order valence-electron chi connectivity index (χ0n) is 18.5. The average molecular weight is 448 g/mol. The Labute approximate surface area is 193 Å². The maximum Gasteiger partial charge on any atom is 0.173 e. The molecule has 3 aliphatic rings. The summed E-state index contributed by atoms with van der Waals surface area (Å²) < 4.78 is 6.11. The fourth-order valence-corrected chi connectivity index (χ4v) is 6.52. The monoisotopic (exact) mass is 447 g/mol. The van der Waals surface area contributed by atoms with Gasteiger partial charge in [0, 0.05) is 31.2 Å². The molecule has 3 saturated heterocycles. The van der Waals surface area contributed by atoms with Gasteiger partial charge in [0.25, 0.3) is 0 Å². The number of nitrogens with zero attached hydrogens (tertiary/aromatic N) is 1. The Hall–Kier alpha value is -2.34. The lowest BCUT2D eigenvalue weighted by molar-refractivity contribution is -0.121. The standard InChI is InChI=1S/C27H29NO3S/c1-31-17-23(29)13-18-4-2-5-20(12-18)24-7-3-6-21-15-26(32-27(21)24)25(30)14-22-16-28-10-8-19(22)9-11-28/h2-7,12,15,19,22H,8-11,13-14,16-17H2,1H3/t22-/m0/s1. The van der Waals surface area contributed by atoms with Crippen molar-refractivity contribution in [3.05, 3.63) is 59.0 Å². The van der Waals surface area contributed by atoms with Gasteiger partial charge in [-0.15, -0.1) is 11.3 Å². The summed E-state index contributed by atoms with van der Waals surface area (Å²) in [4.78, 5) is 28.6. The summed E-state index contributed by atoms with van der Waals surface area (Å²) >= 11 is 1.61. The number of Topliss-reactive ketones (excluding diaryl/α,β-unsaturated/α-hetero) is 2. The van der Waals surface area contributed by atoms with Gasteiger partial charge in [0.1, 0.15) is 6.61 Å². The molecule has 0 radical (unpaired) electrons. The molecule has 0 saturated carbocycles. The van der Waals surface area contributed by atoms with E-state index in [1.165, 1.54) is 25.9 Å². The molecular formula is C27H29NO3S. The minimum absolute atomic E-state index is 0.0691. The molecule has 0 spiro atoms. The van der Waals surface area contributed by atoms with E-state index in [9.17, 15) is 9.59 Å². The number of piperidine rings is 3. The summed E-state index contributed by atoms with van der Waals surface area (Å²) in [5.41, 5.74) is 3.18. The zero-order chi connectivity index (χ0) is 22.1. The van der Waals surface area contributed by atoms with Gasteiger partial charge in [-0.25, -0.2) is 0 Å². The molecule has 6 rings (SSSR count). The third kappa shape index (κ3) is 4.42. The van der Waals surface area contributed by atoms with Crippen molar-refractivity contribution in [2.24, 2.45) is 11.8 Å². The maximum absolute atomic E-state index is 13.2. The number of hydrogen-bond acceptors (Lipinski definition) is 5. The number of benzene rings is 2. The van der Waals surface area contributed by atoms with Gasteiger partial charge in [-0.1, -0.05) is 42.5 Å². The minimum Gasteiger partial charge on any atom is -0.377 e. The molecular weight excluding hydrogens is 418 g/mol. The van der Waals surface area contributed by atoms with Crippen LogP contribution in [0.5, 0.6) is 0 Å². The second-order valence-corrected chi connectivity index (χ2v) is 10.3. The SMILES string of the molecule is COCC(=O)Cc1cccc(-c2cccc3cc(C(=O)C[C@H]4CN5CCC4CC5)sc23)c1. The summed E-state index contributed by atoms with van der Waals surface area (Å²) in [6.45, 7) is 3.63. The Bertz CT molecular complexity index is 1140. The van der Waals surface area contributed by atoms with Crippen molar-refractivity contribution in [3.63, 3.8) is 0 Å². The van der Waals surface area contributed by atoms with Crippen LogP contribution < -0.4 is 0 Å². The molecule has 4 nitrogen and oxygen atoms in total. The van der Waals surface area contributed by atoms with Crippen LogP contribution in [0.4, 0.5) is 0 Å². The van der Waals surface area contributed by atoms with Gasteiger partial charge in [0.05, 0.1) is 4.88 Å². The molecule has 0 aliphatic carbocycles. The molecule has 4 heterocycles. The van der Waals surface area contributed by atoms with Crippen molar-refractivity contribution in [2.45, 2.75) is 25.7 Å². The maximum atomic E-state index is 13.2. The highest BCUT2D eigenvalue weighted by atomic mass is 32.1. The highest BCUT2D eigenvalue weighted by molar-refractivity contribution is 7.21. The molecule has 1 atom stereocenters. The lowest BCUT2D eigenvalue weighted by Gasteiger charge is -2.44. The molecule has 0 amide bonds. The Kier molecular flexibility index (Phi) is 6.22. The number of thiophene rings is 1. The third-order valence-electron chi connectivity index (χ3n) is 7.00. The first-order chi connectivity index (χ1) is 15.6. The first-order valence-corrected chi connectivity index (χ1v) is 12.3. The van der Waals surface area contributed by atoms with E-state index in [0.717, 1.165) is 44.1 Å². The van der Waals surface area contributed by atoms with Crippen molar-refractivity contribution in [2.75, 3.05) is 33.4 Å². The predicted octanol–water partition coefficient (Wildman–Crippen LogP) is 5.24. The average Bonchev–Trinajstić information content (AvgIpc) is 3.25. The van der Waals surface area contributed by atoms with Crippen molar-refractivity contribution in [3.8, 4) is 11.1 Å². The Morgan fingerprint density at radius 2 is 1.91 bits per heavy atom. The van der Waals surface area contributed by atoms with Gasteiger partial charge >= 0.3 is 0 Å². The number of rotatable bonds is 8. The molecule has 166 valence electrons. The van der Waals surface area contributed by atoms with Crippen molar-refractivity contribution in [1.29, 1.82) is 0 Å². The van der Waals surface area contributed by atoms with Gasteiger partial charge in [-0.3, -0.25) is 9.59 Å².